The molecule has 6 nitrogen and oxygen atoms in total. The average Bonchev–Trinajstić information content (AvgIpc) is 2.61. The van der Waals surface area contributed by atoms with Gasteiger partial charge in [0.1, 0.15) is 5.82 Å². The van der Waals surface area contributed by atoms with Gasteiger partial charge in [-0.15, -0.1) is 0 Å². The normalized spacial score (nSPS) is 21.5. The van der Waals surface area contributed by atoms with Crippen molar-refractivity contribution < 1.29 is 19.3 Å². The van der Waals surface area contributed by atoms with Crippen molar-refractivity contribution in [1.82, 2.24) is 9.97 Å². The molecule has 0 radical (unpaired) electrons. The van der Waals surface area contributed by atoms with E-state index in [1.807, 2.05) is 0 Å². The SMILES string of the molecule is COCCOCCOC[C@H]1CC[C@H](c2nccc(CO)n2)CC1. The van der Waals surface area contributed by atoms with E-state index in [2.05, 4.69) is 9.97 Å². The fourth-order valence-corrected chi connectivity index (χ4v) is 2.90. The number of aliphatic hydroxyl groups excluding tert-OH is 1. The van der Waals surface area contributed by atoms with E-state index in [1.54, 1.807) is 19.4 Å². The molecular weight excluding hydrogens is 296 g/mol. The maximum absolute atomic E-state index is 9.17. The van der Waals surface area contributed by atoms with Gasteiger partial charge in [0.05, 0.1) is 38.7 Å². The van der Waals surface area contributed by atoms with Crippen LogP contribution >= 0.6 is 0 Å². The average molecular weight is 324 g/mol. The third-order valence-electron chi connectivity index (χ3n) is 4.26. The lowest BCUT2D eigenvalue weighted by molar-refractivity contribution is 0.0112. The highest BCUT2D eigenvalue weighted by atomic mass is 16.5. The highest BCUT2D eigenvalue weighted by Gasteiger charge is 2.24. The number of hydrogen-bond acceptors (Lipinski definition) is 6. The molecule has 0 atom stereocenters. The van der Waals surface area contributed by atoms with Crippen molar-refractivity contribution in [3.05, 3.63) is 23.8 Å². The Hall–Kier alpha value is -1.08. The summed E-state index contributed by atoms with van der Waals surface area (Å²) in [5.41, 5.74) is 0.703. The molecule has 1 aromatic heterocycles. The fourth-order valence-electron chi connectivity index (χ4n) is 2.90. The molecule has 0 spiro atoms. The standard InChI is InChI=1S/C17H28N2O4/c1-21-8-9-22-10-11-23-13-14-2-4-15(5-3-14)17-18-7-6-16(12-20)19-17/h6-7,14-15,20H,2-5,8-13H2,1H3/t14-,15-. The zero-order valence-corrected chi connectivity index (χ0v) is 13.9. The summed E-state index contributed by atoms with van der Waals surface area (Å²) in [6.07, 6.45) is 6.21. The van der Waals surface area contributed by atoms with Gasteiger partial charge in [0.15, 0.2) is 0 Å². The van der Waals surface area contributed by atoms with Crippen molar-refractivity contribution in [2.75, 3.05) is 40.1 Å². The van der Waals surface area contributed by atoms with Crippen molar-refractivity contribution in [2.45, 2.75) is 38.2 Å². The second kappa shape index (κ2) is 10.6. The van der Waals surface area contributed by atoms with Crippen molar-refractivity contribution in [3.63, 3.8) is 0 Å². The van der Waals surface area contributed by atoms with E-state index in [1.165, 1.54) is 0 Å². The molecule has 1 fully saturated rings. The first-order valence-corrected chi connectivity index (χ1v) is 8.40. The predicted molar refractivity (Wildman–Crippen MR) is 86.2 cm³/mol. The molecule has 0 unspecified atom stereocenters. The first-order valence-electron chi connectivity index (χ1n) is 8.40. The molecule has 0 aliphatic heterocycles. The molecule has 1 saturated carbocycles. The van der Waals surface area contributed by atoms with E-state index in [0.29, 0.717) is 44.0 Å². The summed E-state index contributed by atoms with van der Waals surface area (Å²) >= 11 is 0. The van der Waals surface area contributed by atoms with Gasteiger partial charge < -0.3 is 19.3 Å². The topological polar surface area (TPSA) is 73.7 Å². The summed E-state index contributed by atoms with van der Waals surface area (Å²) in [6.45, 7) is 3.30. The Labute approximate surface area is 138 Å². The lowest BCUT2D eigenvalue weighted by atomic mass is 9.82. The molecule has 1 aliphatic carbocycles. The second-order valence-corrected chi connectivity index (χ2v) is 5.96. The molecule has 0 amide bonds. The van der Waals surface area contributed by atoms with E-state index in [9.17, 15) is 0 Å². The summed E-state index contributed by atoms with van der Waals surface area (Å²) in [5, 5.41) is 9.17. The molecule has 0 saturated heterocycles. The Morgan fingerprint density at radius 1 is 1.09 bits per heavy atom. The van der Waals surface area contributed by atoms with E-state index in [4.69, 9.17) is 19.3 Å². The molecule has 1 heterocycles. The van der Waals surface area contributed by atoms with E-state index >= 15 is 0 Å². The van der Waals surface area contributed by atoms with Gasteiger partial charge in [-0.05, 0) is 37.7 Å². The van der Waals surface area contributed by atoms with Gasteiger partial charge in [-0.3, -0.25) is 0 Å². The highest BCUT2D eigenvalue weighted by molar-refractivity contribution is 5.05. The van der Waals surface area contributed by atoms with Crippen molar-refractivity contribution in [2.24, 2.45) is 5.92 Å². The number of ether oxygens (including phenoxy) is 3. The first kappa shape index (κ1) is 18.3. The predicted octanol–water partition coefficient (Wildman–Crippen LogP) is 1.92. The van der Waals surface area contributed by atoms with Crippen LogP contribution in [0.2, 0.25) is 0 Å². The first-order chi connectivity index (χ1) is 11.3. The van der Waals surface area contributed by atoms with Crippen LogP contribution in [0.4, 0.5) is 0 Å². The summed E-state index contributed by atoms with van der Waals surface area (Å²) < 4.78 is 16.0. The quantitative estimate of drug-likeness (QED) is 0.663. The summed E-state index contributed by atoms with van der Waals surface area (Å²) in [6, 6.07) is 1.76. The van der Waals surface area contributed by atoms with Crippen LogP contribution < -0.4 is 0 Å². The smallest absolute Gasteiger partial charge is 0.131 e. The molecule has 130 valence electrons. The monoisotopic (exact) mass is 324 g/mol. The van der Waals surface area contributed by atoms with E-state index in [0.717, 1.165) is 38.1 Å². The molecular formula is C17H28N2O4. The minimum Gasteiger partial charge on any atom is -0.390 e. The van der Waals surface area contributed by atoms with Crippen molar-refractivity contribution in [3.8, 4) is 0 Å². The van der Waals surface area contributed by atoms with Gasteiger partial charge in [0.2, 0.25) is 0 Å². The van der Waals surface area contributed by atoms with Crippen LogP contribution in [0.25, 0.3) is 0 Å². The zero-order valence-electron chi connectivity index (χ0n) is 13.9. The molecule has 2 rings (SSSR count). The molecule has 23 heavy (non-hydrogen) atoms. The van der Waals surface area contributed by atoms with E-state index in [-0.39, 0.29) is 6.61 Å². The number of nitrogens with zero attached hydrogens (tertiary/aromatic N) is 2. The van der Waals surface area contributed by atoms with Gasteiger partial charge in [-0.1, -0.05) is 0 Å². The van der Waals surface area contributed by atoms with Crippen LogP contribution in [-0.2, 0) is 20.8 Å². The number of aromatic nitrogens is 2. The van der Waals surface area contributed by atoms with Crippen LogP contribution in [0.5, 0.6) is 0 Å². The largest absolute Gasteiger partial charge is 0.390 e. The highest BCUT2D eigenvalue weighted by Crippen LogP contribution is 2.34. The van der Waals surface area contributed by atoms with Gasteiger partial charge in [0.25, 0.3) is 0 Å². The van der Waals surface area contributed by atoms with Crippen LogP contribution in [0.15, 0.2) is 12.3 Å². The third-order valence-corrected chi connectivity index (χ3v) is 4.26. The van der Waals surface area contributed by atoms with Crippen molar-refractivity contribution in [1.29, 1.82) is 0 Å². The Balaban J connectivity index is 1.60. The maximum atomic E-state index is 9.17. The number of methoxy groups -OCH3 is 1. The fraction of sp³-hybridized carbons (Fsp3) is 0.765. The molecule has 1 aliphatic rings. The van der Waals surface area contributed by atoms with Crippen molar-refractivity contribution >= 4 is 0 Å². The van der Waals surface area contributed by atoms with Gasteiger partial charge in [0, 0.05) is 25.8 Å². The van der Waals surface area contributed by atoms with Gasteiger partial charge in [-0.25, -0.2) is 9.97 Å². The zero-order chi connectivity index (χ0) is 16.3. The van der Waals surface area contributed by atoms with Crippen LogP contribution in [-0.4, -0.2) is 55.2 Å². The Morgan fingerprint density at radius 3 is 2.57 bits per heavy atom. The Kier molecular flexibility index (Phi) is 8.46. The molecule has 6 heteroatoms. The van der Waals surface area contributed by atoms with Crippen LogP contribution in [0.1, 0.15) is 43.1 Å². The minimum atomic E-state index is -0.0227. The summed E-state index contributed by atoms with van der Waals surface area (Å²) in [4.78, 5) is 8.80. The second-order valence-electron chi connectivity index (χ2n) is 5.96. The maximum Gasteiger partial charge on any atom is 0.131 e. The molecule has 1 N–H and O–H groups in total. The molecule has 0 aromatic carbocycles. The third kappa shape index (κ3) is 6.51. The minimum absolute atomic E-state index is 0.0227. The van der Waals surface area contributed by atoms with Gasteiger partial charge in [-0.2, -0.15) is 0 Å². The summed E-state index contributed by atoms with van der Waals surface area (Å²) in [5.74, 6) is 1.91. The Morgan fingerprint density at radius 2 is 1.83 bits per heavy atom. The number of rotatable bonds is 10. The summed E-state index contributed by atoms with van der Waals surface area (Å²) in [7, 11) is 1.67. The van der Waals surface area contributed by atoms with E-state index < -0.39 is 0 Å². The lowest BCUT2D eigenvalue weighted by Gasteiger charge is -2.27. The van der Waals surface area contributed by atoms with Gasteiger partial charge >= 0.3 is 0 Å². The Bertz CT molecular complexity index is 436. The molecule has 1 aromatic rings. The lowest BCUT2D eigenvalue weighted by Crippen LogP contribution is -2.20. The van der Waals surface area contributed by atoms with Crippen LogP contribution in [0.3, 0.4) is 0 Å². The number of hydrogen-bond donors (Lipinski definition) is 1. The molecule has 0 bridgehead atoms. The number of aliphatic hydroxyl groups is 1. The van der Waals surface area contributed by atoms with Crippen LogP contribution in [0, 0.1) is 5.92 Å².